The highest BCUT2D eigenvalue weighted by molar-refractivity contribution is 6.30. The number of fused-ring (bicyclic) bond motifs is 3. The van der Waals surface area contributed by atoms with Gasteiger partial charge < -0.3 is 24.4 Å². The van der Waals surface area contributed by atoms with Gasteiger partial charge in [-0.15, -0.1) is 0 Å². The second kappa shape index (κ2) is 11.2. The predicted octanol–water partition coefficient (Wildman–Crippen LogP) is 4.76. The Balaban J connectivity index is 1.59. The molecule has 1 amide bonds. The molecule has 1 spiro atoms. The van der Waals surface area contributed by atoms with Crippen LogP contribution in [-0.2, 0) is 31.8 Å². The highest BCUT2D eigenvalue weighted by Gasteiger charge is 2.45. The minimum Gasteiger partial charge on any atom is -0.490 e. The molecule has 0 unspecified atom stereocenters. The molecular weight excluding hydrogens is 516 g/mol. The molecule has 0 saturated heterocycles. The Labute approximate surface area is 235 Å². The molecule has 1 N–H and O–H groups in total. The molecule has 3 aliphatic rings. The van der Waals surface area contributed by atoms with Gasteiger partial charge in [-0.2, -0.15) is 0 Å². The lowest BCUT2D eigenvalue weighted by Gasteiger charge is -2.41. The third kappa shape index (κ3) is 5.39. The monoisotopic (exact) mass is 552 g/mol. The molecule has 2 aliphatic heterocycles. The molecule has 0 radical (unpaired) electrons. The Morgan fingerprint density at radius 3 is 2.79 bits per heavy atom. The number of aryl methyl sites for hydroxylation is 1. The summed E-state index contributed by atoms with van der Waals surface area (Å²) in [6.45, 7) is 2.48. The highest BCUT2D eigenvalue weighted by atomic mass is 35.5. The number of halogens is 1. The minimum absolute atomic E-state index is 0.211. The van der Waals surface area contributed by atoms with Gasteiger partial charge >= 0.3 is 5.97 Å². The Kier molecular flexibility index (Phi) is 7.92. The minimum atomic E-state index is -2.12. The van der Waals surface area contributed by atoms with E-state index in [2.05, 4.69) is 23.1 Å². The van der Waals surface area contributed by atoms with Gasteiger partial charge in [-0.3, -0.25) is 4.79 Å². The van der Waals surface area contributed by atoms with Crippen LogP contribution >= 0.6 is 11.6 Å². The third-order valence-corrected chi connectivity index (χ3v) is 8.70. The lowest BCUT2D eigenvalue weighted by Crippen LogP contribution is -2.46. The summed E-state index contributed by atoms with van der Waals surface area (Å²) < 4.78 is 11.5. The summed E-state index contributed by atoms with van der Waals surface area (Å²) in [6, 6.07) is 11.5. The van der Waals surface area contributed by atoms with Gasteiger partial charge in [0.25, 0.3) is 0 Å². The van der Waals surface area contributed by atoms with E-state index in [0.717, 1.165) is 62.3 Å². The number of carbonyl (C=O) groups excluding carboxylic acids is 2. The average Bonchev–Trinajstić information content (AvgIpc) is 3.08. The van der Waals surface area contributed by atoms with Crippen molar-refractivity contribution in [1.29, 1.82) is 0 Å². The number of nitrogens with zero attached hydrogens (tertiary/aromatic N) is 2. The van der Waals surface area contributed by atoms with Gasteiger partial charge in [-0.25, -0.2) is 4.79 Å². The first kappa shape index (κ1) is 27.5. The van der Waals surface area contributed by atoms with Crippen LogP contribution in [0.5, 0.6) is 5.75 Å². The first-order valence-corrected chi connectivity index (χ1v) is 14.1. The van der Waals surface area contributed by atoms with E-state index in [-0.39, 0.29) is 11.3 Å². The maximum atomic E-state index is 13.1. The number of likely N-dealkylation sites (N-methyl/N-ethyl adjacent to an activating group) is 1. The number of ether oxygens (including phenoxy) is 2. The molecule has 8 heteroatoms. The lowest BCUT2D eigenvalue weighted by atomic mass is 9.70. The molecule has 2 aromatic rings. The summed E-state index contributed by atoms with van der Waals surface area (Å²) in [5, 5.41) is 12.4. The van der Waals surface area contributed by atoms with E-state index in [1.54, 1.807) is 13.1 Å². The molecule has 2 atom stereocenters. The zero-order chi connectivity index (χ0) is 27.6. The van der Waals surface area contributed by atoms with E-state index in [1.807, 2.05) is 24.3 Å². The van der Waals surface area contributed by atoms with Gasteiger partial charge in [0.15, 0.2) is 5.60 Å². The molecule has 0 fully saturated rings. The van der Waals surface area contributed by atoms with Crippen molar-refractivity contribution in [3.8, 4) is 5.75 Å². The largest absolute Gasteiger partial charge is 0.490 e. The van der Waals surface area contributed by atoms with Gasteiger partial charge in [0.1, 0.15) is 5.75 Å². The smallest absolute Gasteiger partial charge is 0.343 e. The van der Waals surface area contributed by atoms with E-state index in [1.165, 1.54) is 23.1 Å². The summed E-state index contributed by atoms with van der Waals surface area (Å²) in [5.74, 6) is -0.502. The molecule has 0 aromatic heterocycles. The molecule has 7 nitrogen and oxygen atoms in total. The van der Waals surface area contributed by atoms with E-state index in [9.17, 15) is 14.7 Å². The van der Waals surface area contributed by atoms with E-state index < -0.39 is 18.0 Å². The number of carbonyl (C=O) groups is 2. The predicted molar refractivity (Wildman–Crippen MR) is 151 cm³/mol. The number of anilines is 1. The topological polar surface area (TPSA) is 79.3 Å². The van der Waals surface area contributed by atoms with Gasteiger partial charge in [0.05, 0.1) is 25.8 Å². The SMILES string of the molecule is COC(=O)[C@@]1(O)CC(=O)N(C)C/C=C/CCCCN2C[C@@]3(CCCc4cc(Cl)ccc43)COc3ccc1cc32. The van der Waals surface area contributed by atoms with Crippen LogP contribution in [0.25, 0.3) is 0 Å². The number of amides is 1. The van der Waals surface area contributed by atoms with E-state index >= 15 is 0 Å². The summed E-state index contributed by atoms with van der Waals surface area (Å²) in [7, 11) is 2.89. The number of benzene rings is 2. The van der Waals surface area contributed by atoms with Crippen LogP contribution in [0, 0.1) is 0 Å². The zero-order valence-corrected chi connectivity index (χ0v) is 23.5. The fraction of sp³-hybridized carbons (Fsp3) is 0.484. The zero-order valence-electron chi connectivity index (χ0n) is 22.7. The Bertz CT molecular complexity index is 1280. The van der Waals surface area contributed by atoms with Crippen molar-refractivity contribution >= 4 is 29.2 Å². The highest BCUT2D eigenvalue weighted by Crippen LogP contribution is 2.45. The number of aliphatic hydroxyl groups is 1. The van der Waals surface area contributed by atoms with E-state index in [4.69, 9.17) is 21.1 Å². The molecule has 208 valence electrons. The summed E-state index contributed by atoms with van der Waals surface area (Å²) in [5.41, 5.74) is 1.36. The Morgan fingerprint density at radius 1 is 1.13 bits per heavy atom. The van der Waals surface area contributed by atoms with Gasteiger partial charge in [-0.05, 0) is 79.5 Å². The number of hydrogen-bond donors (Lipinski definition) is 1. The van der Waals surface area contributed by atoms with Crippen LogP contribution in [0.15, 0.2) is 48.6 Å². The van der Waals surface area contributed by atoms with Crippen molar-refractivity contribution in [2.75, 3.05) is 45.3 Å². The van der Waals surface area contributed by atoms with Gasteiger partial charge in [-0.1, -0.05) is 35.9 Å². The van der Waals surface area contributed by atoms with Crippen molar-refractivity contribution in [2.24, 2.45) is 0 Å². The van der Waals surface area contributed by atoms with Crippen molar-refractivity contribution in [3.63, 3.8) is 0 Å². The first-order chi connectivity index (χ1) is 18.8. The van der Waals surface area contributed by atoms with Crippen LogP contribution in [0.3, 0.4) is 0 Å². The van der Waals surface area contributed by atoms with E-state index in [0.29, 0.717) is 24.5 Å². The Morgan fingerprint density at radius 2 is 1.97 bits per heavy atom. The van der Waals surface area contributed by atoms with Crippen molar-refractivity contribution in [1.82, 2.24) is 4.90 Å². The summed E-state index contributed by atoms with van der Waals surface area (Å²) in [4.78, 5) is 29.9. The second-order valence-electron chi connectivity index (χ2n) is 11.1. The number of rotatable bonds is 1. The summed E-state index contributed by atoms with van der Waals surface area (Å²) >= 11 is 6.36. The molecule has 2 heterocycles. The molecule has 5 rings (SSSR count). The normalized spacial score (nSPS) is 26.5. The van der Waals surface area contributed by atoms with Crippen molar-refractivity contribution < 1.29 is 24.2 Å². The number of allylic oxidation sites excluding steroid dienone is 1. The number of esters is 1. The molecule has 2 aromatic carbocycles. The molecule has 2 bridgehead atoms. The fourth-order valence-corrected chi connectivity index (χ4v) is 6.43. The maximum Gasteiger partial charge on any atom is 0.343 e. The quantitative estimate of drug-likeness (QED) is 0.406. The van der Waals surface area contributed by atoms with Crippen molar-refractivity contribution in [2.45, 2.75) is 56.0 Å². The standard InChI is InChI=1S/C31H37ClN2O5/c1-33-15-6-4-3-5-7-16-34-20-30(14-8-9-22-17-24(32)11-12-25(22)30)21-39-27-13-10-23(18-26(27)34)31(37,19-28(33)35)29(36)38-2/h4,6,10-13,17-18,37H,3,5,7-9,14-16,19-21H2,1-2H3/b6-4+/t30-,31+/m0/s1. The van der Waals surface area contributed by atoms with Gasteiger partial charge in [0.2, 0.25) is 5.91 Å². The molecule has 0 saturated carbocycles. The molecule has 1 aliphatic carbocycles. The van der Waals surface area contributed by atoms with Crippen molar-refractivity contribution in [3.05, 3.63) is 70.3 Å². The van der Waals surface area contributed by atoms with Crippen LogP contribution in [0.2, 0.25) is 5.02 Å². The Hall–Kier alpha value is -3.03. The van der Waals surface area contributed by atoms with Gasteiger partial charge in [0, 0.05) is 37.1 Å². The van der Waals surface area contributed by atoms with Crippen LogP contribution in [0.1, 0.15) is 55.2 Å². The van der Waals surface area contributed by atoms with Crippen LogP contribution in [0.4, 0.5) is 5.69 Å². The fourth-order valence-electron chi connectivity index (χ4n) is 6.24. The number of hydrogen-bond acceptors (Lipinski definition) is 6. The summed E-state index contributed by atoms with van der Waals surface area (Å²) in [6.07, 6.45) is 9.57. The van der Waals surface area contributed by atoms with Crippen LogP contribution in [-0.4, -0.2) is 62.3 Å². The first-order valence-electron chi connectivity index (χ1n) is 13.8. The number of methoxy groups -OCH3 is 1. The van der Waals surface area contributed by atoms with Crippen LogP contribution < -0.4 is 9.64 Å². The average molecular weight is 553 g/mol. The maximum absolute atomic E-state index is 13.1. The third-order valence-electron chi connectivity index (χ3n) is 8.47. The molecular formula is C31H37ClN2O5. The lowest BCUT2D eigenvalue weighted by molar-refractivity contribution is -0.167. The second-order valence-corrected chi connectivity index (χ2v) is 11.5. The molecule has 39 heavy (non-hydrogen) atoms.